The zero-order valence-corrected chi connectivity index (χ0v) is 13.4. The van der Waals surface area contributed by atoms with E-state index >= 15 is 0 Å². The SMILES string of the molecule is CCNCc1cc(CC)nc(N2CCC(C)CC2C)c1. The number of nitrogens with one attached hydrogen (secondary N) is 1. The highest BCUT2D eigenvalue weighted by molar-refractivity contribution is 5.44. The first-order chi connectivity index (χ1) is 9.63. The van der Waals surface area contributed by atoms with E-state index in [2.05, 4.69) is 50.0 Å². The molecule has 2 atom stereocenters. The van der Waals surface area contributed by atoms with Gasteiger partial charge in [-0.3, -0.25) is 0 Å². The Labute approximate surface area is 123 Å². The summed E-state index contributed by atoms with van der Waals surface area (Å²) in [4.78, 5) is 7.35. The molecule has 112 valence electrons. The van der Waals surface area contributed by atoms with Gasteiger partial charge in [0.1, 0.15) is 5.82 Å². The number of rotatable bonds is 5. The van der Waals surface area contributed by atoms with E-state index in [9.17, 15) is 0 Å². The Balaban J connectivity index is 2.21. The minimum absolute atomic E-state index is 0.602. The van der Waals surface area contributed by atoms with Crippen LogP contribution in [0.1, 0.15) is 51.8 Å². The molecule has 3 heteroatoms. The lowest BCUT2D eigenvalue weighted by Gasteiger charge is -2.37. The molecule has 0 amide bonds. The molecule has 2 heterocycles. The molecule has 0 aliphatic carbocycles. The van der Waals surface area contributed by atoms with Gasteiger partial charge in [-0.05, 0) is 56.3 Å². The van der Waals surface area contributed by atoms with Crippen LogP contribution in [0, 0.1) is 5.92 Å². The van der Waals surface area contributed by atoms with Crippen molar-refractivity contribution < 1.29 is 0 Å². The minimum atomic E-state index is 0.602. The van der Waals surface area contributed by atoms with E-state index in [1.54, 1.807) is 0 Å². The van der Waals surface area contributed by atoms with Crippen molar-refractivity contribution in [3.8, 4) is 0 Å². The van der Waals surface area contributed by atoms with E-state index in [0.29, 0.717) is 6.04 Å². The first-order valence-electron chi connectivity index (χ1n) is 8.11. The van der Waals surface area contributed by atoms with Gasteiger partial charge in [-0.15, -0.1) is 0 Å². The molecule has 0 radical (unpaired) electrons. The van der Waals surface area contributed by atoms with Gasteiger partial charge in [-0.1, -0.05) is 20.8 Å². The molecule has 3 nitrogen and oxygen atoms in total. The molecule has 0 bridgehead atoms. The maximum atomic E-state index is 4.86. The van der Waals surface area contributed by atoms with Crippen molar-refractivity contribution in [2.45, 2.75) is 59.5 Å². The van der Waals surface area contributed by atoms with Gasteiger partial charge in [-0.2, -0.15) is 0 Å². The van der Waals surface area contributed by atoms with Crippen molar-refractivity contribution >= 4 is 5.82 Å². The number of piperidine rings is 1. The highest BCUT2D eigenvalue weighted by atomic mass is 15.2. The first-order valence-corrected chi connectivity index (χ1v) is 8.11. The van der Waals surface area contributed by atoms with Gasteiger partial charge in [-0.25, -0.2) is 4.98 Å². The Bertz CT molecular complexity index is 430. The molecule has 20 heavy (non-hydrogen) atoms. The van der Waals surface area contributed by atoms with Crippen LogP contribution in [0.3, 0.4) is 0 Å². The second-order valence-electron chi connectivity index (χ2n) is 6.13. The number of aryl methyl sites for hydroxylation is 1. The molecule has 1 aliphatic rings. The Morgan fingerprint density at radius 1 is 1.30 bits per heavy atom. The third-order valence-electron chi connectivity index (χ3n) is 4.30. The van der Waals surface area contributed by atoms with Crippen molar-refractivity contribution in [2.24, 2.45) is 5.92 Å². The molecule has 2 unspecified atom stereocenters. The lowest BCUT2D eigenvalue weighted by atomic mass is 9.93. The topological polar surface area (TPSA) is 28.2 Å². The van der Waals surface area contributed by atoms with E-state index in [0.717, 1.165) is 32.0 Å². The Morgan fingerprint density at radius 2 is 2.10 bits per heavy atom. The third kappa shape index (κ3) is 3.72. The number of hydrogen-bond acceptors (Lipinski definition) is 3. The summed E-state index contributed by atoms with van der Waals surface area (Å²) in [5.41, 5.74) is 2.57. The second-order valence-corrected chi connectivity index (χ2v) is 6.13. The van der Waals surface area contributed by atoms with E-state index in [1.807, 2.05) is 0 Å². The standard InChI is InChI=1S/C17H29N3/c1-5-16-10-15(12-18-6-2)11-17(19-16)20-8-7-13(3)9-14(20)4/h10-11,13-14,18H,5-9,12H2,1-4H3. The predicted molar refractivity (Wildman–Crippen MR) is 86.2 cm³/mol. The molecule has 1 saturated heterocycles. The quantitative estimate of drug-likeness (QED) is 0.893. The summed E-state index contributed by atoms with van der Waals surface area (Å²) in [6.07, 6.45) is 3.57. The van der Waals surface area contributed by atoms with Crippen LogP contribution in [0.5, 0.6) is 0 Å². The Kier molecular flexibility index (Phi) is 5.41. The highest BCUT2D eigenvalue weighted by Gasteiger charge is 2.24. The Hall–Kier alpha value is -1.09. The van der Waals surface area contributed by atoms with E-state index in [4.69, 9.17) is 4.98 Å². The van der Waals surface area contributed by atoms with Crippen molar-refractivity contribution in [1.29, 1.82) is 0 Å². The summed E-state index contributed by atoms with van der Waals surface area (Å²) in [6.45, 7) is 12.1. The first kappa shape index (κ1) is 15.3. The number of anilines is 1. The summed E-state index contributed by atoms with van der Waals surface area (Å²) in [5.74, 6) is 2.02. The van der Waals surface area contributed by atoms with Crippen molar-refractivity contribution in [1.82, 2.24) is 10.3 Å². The largest absolute Gasteiger partial charge is 0.354 e. The molecular weight excluding hydrogens is 246 g/mol. The van der Waals surface area contributed by atoms with Gasteiger partial charge in [0.2, 0.25) is 0 Å². The fraction of sp³-hybridized carbons (Fsp3) is 0.706. The average molecular weight is 275 g/mol. The lowest BCUT2D eigenvalue weighted by Crippen LogP contribution is -2.40. The van der Waals surface area contributed by atoms with Crippen LogP contribution in [0.2, 0.25) is 0 Å². The van der Waals surface area contributed by atoms with Crippen LogP contribution in [0.15, 0.2) is 12.1 Å². The number of pyridine rings is 1. The molecule has 1 aromatic rings. The molecule has 0 aromatic carbocycles. The summed E-state index contributed by atoms with van der Waals surface area (Å²) in [5, 5.41) is 3.42. The highest BCUT2D eigenvalue weighted by Crippen LogP contribution is 2.27. The second kappa shape index (κ2) is 7.07. The Morgan fingerprint density at radius 3 is 2.75 bits per heavy atom. The maximum absolute atomic E-state index is 4.86. The maximum Gasteiger partial charge on any atom is 0.129 e. The normalized spacial score (nSPS) is 23.1. The molecule has 1 N–H and O–H groups in total. The minimum Gasteiger partial charge on any atom is -0.354 e. The van der Waals surface area contributed by atoms with Gasteiger partial charge in [0.25, 0.3) is 0 Å². The number of nitrogens with zero attached hydrogens (tertiary/aromatic N) is 2. The average Bonchev–Trinajstić information content (AvgIpc) is 2.44. The molecular formula is C17H29N3. The van der Waals surface area contributed by atoms with Crippen molar-refractivity contribution in [3.05, 3.63) is 23.4 Å². The molecule has 1 aliphatic heterocycles. The smallest absolute Gasteiger partial charge is 0.129 e. The van der Waals surface area contributed by atoms with Crippen LogP contribution < -0.4 is 10.2 Å². The zero-order valence-electron chi connectivity index (χ0n) is 13.4. The monoisotopic (exact) mass is 275 g/mol. The van der Waals surface area contributed by atoms with E-state index < -0.39 is 0 Å². The summed E-state index contributed by atoms with van der Waals surface area (Å²) >= 11 is 0. The number of hydrogen-bond donors (Lipinski definition) is 1. The predicted octanol–water partition coefficient (Wildman–Crippen LogP) is 3.38. The third-order valence-corrected chi connectivity index (χ3v) is 4.30. The van der Waals surface area contributed by atoms with Crippen LogP contribution in [-0.2, 0) is 13.0 Å². The van der Waals surface area contributed by atoms with Crippen LogP contribution in [-0.4, -0.2) is 24.1 Å². The van der Waals surface area contributed by atoms with Crippen LogP contribution in [0.25, 0.3) is 0 Å². The van der Waals surface area contributed by atoms with Gasteiger partial charge >= 0.3 is 0 Å². The summed E-state index contributed by atoms with van der Waals surface area (Å²) in [6, 6.07) is 5.11. The van der Waals surface area contributed by atoms with Crippen LogP contribution >= 0.6 is 0 Å². The molecule has 2 rings (SSSR count). The van der Waals surface area contributed by atoms with Gasteiger partial charge in [0.05, 0.1) is 0 Å². The molecule has 1 aromatic heterocycles. The zero-order chi connectivity index (χ0) is 14.5. The summed E-state index contributed by atoms with van der Waals surface area (Å²) < 4.78 is 0. The van der Waals surface area contributed by atoms with Crippen LogP contribution in [0.4, 0.5) is 5.82 Å². The molecule has 0 saturated carbocycles. The number of aromatic nitrogens is 1. The lowest BCUT2D eigenvalue weighted by molar-refractivity contribution is 0.376. The van der Waals surface area contributed by atoms with Crippen molar-refractivity contribution in [3.63, 3.8) is 0 Å². The molecule has 0 spiro atoms. The molecule has 1 fully saturated rings. The fourth-order valence-electron chi connectivity index (χ4n) is 3.08. The summed E-state index contributed by atoms with van der Waals surface area (Å²) in [7, 11) is 0. The van der Waals surface area contributed by atoms with Gasteiger partial charge in [0.15, 0.2) is 0 Å². The van der Waals surface area contributed by atoms with E-state index in [1.165, 1.54) is 29.9 Å². The van der Waals surface area contributed by atoms with Gasteiger partial charge in [0, 0.05) is 24.8 Å². The van der Waals surface area contributed by atoms with Gasteiger partial charge < -0.3 is 10.2 Å². The van der Waals surface area contributed by atoms with Crippen molar-refractivity contribution in [2.75, 3.05) is 18.0 Å². The fourth-order valence-corrected chi connectivity index (χ4v) is 3.08. The van der Waals surface area contributed by atoms with E-state index in [-0.39, 0.29) is 0 Å².